The Hall–Kier alpha value is -4.31. The van der Waals surface area contributed by atoms with Crippen molar-refractivity contribution < 1.29 is 0 Å². The summed E-state index contributed by atoms with van der Waals surface area (Å²) < 4.78 is 5.91. The van der Waals surface area contributed by atoms with Crippen LogP contribution in [-0.2, 0) is 0 Å². The van der Waals surface area contributed by atoms with Gasteiger partial charge in [0.1, 0.15) is 0 Å². The molecule has 5 rings (SSSR count). The predicted octanol–water partition coefficient (Wildman–Crippen LogP) is 3.39. The van der Waals surface area contributed by atoms with Crippen LogP contribution in [-0.4, -0.2) is 35.6 Å². The number of rotatable bonds is 4. The molecule has 0 fully saturated rings. The zero-order valence-corrected chi connectivity index (χ0v) is 18.9. The second-order valence-electron chi connectivity index (χ2n) is 8.28. The van der Waals surface area contributed by atoms with Crippen molar-refractivity contribution in [2.75, 3.05) is 0 Å². The summed E-state index contributed by atoms with van der Waals surface area (Å²) in [4.78, 5) is 0. The van der Waals surface area contributed by atoms with E-state index in [9.17, 15) is 0 Å². The highest BCUT2D eigenvalue weighted by Gasteiger charge is 2.37. The van der Waals surface area contributed by atoms with Crippen molar-refractivity contribution >= 4 is 12.0 Å². The van der Waals surface area contributed by atoms with E-state index in [-0.39, 0.29) is 0 Å². The van der Waals surface area contributed by atoms with Crippen molar-refractivity contribution in [1.82, 2.24) is 29.1 Å². The van der Waals surface area contributed by atoms with Crippen molar-refractivity contribution in [2.45, 2.75) is 20.8 Å². The average molecular weight is 431 g/mol. The van der Waals surface area contributed by atoms with Gasteiger partial charge >= 0.3 is 6.55 Å². The zero-order valence-electron chi connectivity index (χ0n) is 18.9. The molecule has 0 unspecified atom stereocenters. The monoisotopic (exact) mass is 431 g/mol. The van der Waals surface area contributed by atoms with Crippen LogP contribution >= 0.6 is 0 Å². The molecule has 3 heterocycles. The number of nitrogens with zero attached hydrogens (tertiary/aromatic N) is 6. The lowest BCUT2D eigenvalue weighted by Crippen LogP contribution is -2.68. The number of hydrogen-bond acceptors (Lipinski definition) is 3. The fourth-order valence-electron chi connectivity index (χ4n) is 4.21. The third-order valence-electron chi connectivity index (χ3n) is 5.81. The second-order valence-corrected chi connectivity index (χ2v) is 8.28. The minimum Gasteiger partial charge on any atom is -0.396 e. The van der Waals surface area contributed by atoms with E-state index < -0.39 is 6.55 Å². The topological polar surface area (TPSA) is 53.5 Å². The highest BCUT2D eigenvalue weighted by molar-refractivity contribution is 6.87. The smallest absolute Gasteiger partial charge is 0.369 e. The molecule has 0 aliphatic rings. The van der Waals surface area contributed by atoms with Gasteiger partial charge in [0.15, 0.2) is 0 Å². The predicted molar refractivity (Wildman–Crippen MR) is 131 cm³/mol. The van der Waals surface area contributed by atoms with Gasteiger partial charge in [-0.3, -0.25) is 0 Å². The van der Waals surface area contributed by atoms with Crippen molar-refractivity contribution in [3.8, 4) is 11.8 Å². The molecule has 3 aromatic heterocycles. The fraction of sp³-hybridized carbons (Fsp3) is 0.115. The van der Waals surface area contributed by atoms with Gasteiger partial charge in [-0.15, -0.1) is 5.46 Å². The van der Waals surface area contributed by atoms with Gasteiger partial charge in [-0.05, 0) is 81.8 Å². The van der Waals surface area contributed by atoms with Crippen molar-refractivity contribution in [1.29, 1.82) is 0 Å². The molecule has 0 radical (unpaired) electrons. The Balaban J connectivity index is 1.68. The largest absolute Gasteiger partial charge is 0.396 e. The molecule has 0 saturated heterocycles. The van der Waals surface area contributed by atoms with Gasteiger partial charge in [0.05, 0.1) is 17.1 Å². The number of benzene rings is 2. The lowest BCUT2D eigenvalue weighted by molar-refractivity contribution is 0.732. The van der Waals surface area contributed by atoms with Gasteiger partial charge in [-0.1, -0.05) is 42.2 Å². The highest BCUT2D eigenvalue weighted by atomic mass is 15.5. The van der Waals surface area contributed by atoms with E-state index in [4.69, 9.17) is 15.3 Å². The second kappa shape index (κ2) is 8.32. The Kier molecular flexibility index (Phi) is 5.19. The van der Waals surface area contributed by atoms with Gasteiger partial charge < -0.3 is 13.8 Å². The van der Waals surface area contributed by atoms with E-state index in [1.807, 2.05) is 114 Å². The van der Waals surface area contributed by atoms with Crippen molar-refractivity contribution in [3.63, 3.8) is 0 Å². The van der Waals surface area contributed by atoms with Crippen LogP contribution in [0.3, 0.4) is 0 Å². The molecule has 7 heteroatoms. The lowest BCUT2D eigenvalue weighted by atomic mass is 9.53. The molecule has 0 saturated carbocycles. The normalized spacial score (nSPS) is 11.2. The van der Waals surface area contributed by atoms with Crippen LogP contribution in [0.2, 0.25) is 0 Å². The van der Waals surface area contributed by atoms with E-state index in [1.165, 1.54) is 0 Å². The summed E-state index contributed by atoms with van der Waals surface area (Å²) in [6.07, 6.45) is 5.98. The molecule has 33 heavy (non-hydrogen) atoms. The molecule has 0 N–H and O–H groups in total. The Labute approximate surface area is 193 Å². The molecule has 0 aliphatic heterocycles. The zero-order chi connectivity index (χ0) is 22.8. The SMILES string of the molecule is Cc1ccn([B-](c2ccc(C#Cc3ccccc3)cc2)(n2ccc(C)n2)n2ccc(C)n2)n1. The lowest BCUT2D eigenvalue weighted by Gasteiger charge is -2.42. The number of hydrogen-bond donors (Lipinski definition) is 0. The van der Waals surface area contributed by atoms with E-state index >= 15 is 0 Å². The quantitative estimate of drug-likeness (QED) is 0.324. The maximum absolute atomic E-state index is 4.82. The maximum Gasteiger partial charge on any atom is 0.369 e. The third-order valence-corrected chi connectivity index (χ3v) is 5.81. The van der Waals surface area contributed by atoms with Crippen molar-refractivity contribution in [2.24, 2.45) is 0 Å². The molecule has 6 nitrogen and oxygen atoms in total. The number of aryl methyl sites for hydroxylation is 3. The molecule has 0 atom stereocenters. The molecule has 2 aromatic carbocycles. The summed E-state index contributed by atoms with van der Waals surface area (Å²) in [5.41, 5.74) is 5.75. The van der Waals surface area contributed by atoms with Crippen LogP contribution in [0.4, 0.5) is 0 Å². The summed E-state index contributed by atoms with van der Waals surface area (Å²) >= 11 is 0. The molecule has 0 bridgehead atoms. The van der Waals surface area contributed by atoms with E-state index in [2.05, 4.69) is 24.0 Å². The highest BCUT2D eigenvalue weighted by Crippen LogP contribution is 2.16. The summed E-state index contributed by atoms with van der Waals surface area (Å²) in [6, 6.07) is 24.3. The van der Waals surface area contributed by atoms with Crippen molar-refractivity contribution in [3.05, 3.63) is 120 Å². The van der Waals surface area contributed by atoms with E-state index in [0.717, 1.165) is 33.7 Å². The Morgan fingerprint density at radius 1 is 0.545 bits per heavy atom. The third kappa shape index (κ3) is 3.76. The van der Waals surface area contributed by atoms with Gasteiger partial charge in [0.2, 0.25) is 0 Å². The molecule has 0 amide bonds. The molecular weight excluding hydrogens is 407 g/mol. The van der Waals surface area contributed by atoms with Crippen LogP contribution in [0.25, 0.3) is 0 Å². The number of aromatic nitrogens is 6. The first-order chi connectivity index (χ1) is 16.1. The summed E-state index contributed by atoms with van der Waals surface area (Å²) in [6.45, 7) is 4.11. The molecule has 0 spiro atoms. The van der Waals surface area contributed by atoms with E-state index in [0.29, 0.717) is 0 Å². The summed E-state index contributed by atoms with van der Waals surface area (Å²) in [5, 5.41) is 14.5. The van der Waals surface area contributed by atoms with Crippen LogP contribution < -0.4 is 5.46 Å². The Morgan fingerprint density at radius 2 is 0.970 bits per heavy atom. The van der Waals surface area contributed by atoms with Crippen LogP contribution in [0, 0.1) is 32.6 Å². The van der Waals surface area contributed by atoms with Gasteiger partial charge in [-0.2, -0.15) is 0 Å². The van der Waals surface area contributed by atoms with Gasteiger partial charge in [-0.25, -0.2) is 15.3 Å². The molecule has 5 aromatic rings. The standard InChI is InChI=1S/C26H24BN6/c1-21-15-18-31(28-21)27(32-19-16-22(2)29-32,33-20-17-23(3)30-33)26-13-11-25(12-14-26)10-9-24-7-5-4-6-8-24/h4-8,11-20H,1-3H3/q-1. The summed E-state index contributed by atoms with van der Waals surface area (Å²) in [5.74, 6) is 6.49. The fourth-order valence-corrected chi connectivity index (χ4v) is 4.21. The minimum atomic E-state index is -1.86. The van der Waals surface area contributed by atoms with Gasteiger partial charge in [0.25, 0.3) is 0 Å². The van der Waals surface area contributed by atoms with Crippen LogP contribution in [0.5, 0.6) is 0 Å². The van der Waals surface area contributed by atoms with Gasteiger partial charge in [0, 0.05) is 11.1 Å². The molecule has 0 aliphatic carbocycles. The van der Waals surface area contributed by atoms with Crippen LogP contribution in [0.15, 0.2) is 91.4 Å². The van der Waals surface area contributed by atoms with Crippen LogP contribution in [0.1, 0.15) is 28.2 Å². The minimum absolute atomic E-state index is 0.930. The maximum atomic E-state index is 4.82. The van der Waals surface area contributed by atoms with E-state index in [1.54, 1.807) is 0 Å². The molecule has 162 valence electrons. The average Bonchev–Trinajstić information content (AvgIpc) is 3.57. The first-order valence-corrected chi connectivity index (χ1v) is 11.0. The Morgan fingerprint density at radius 3 is 1.36 bits per heavy atom. The Bertz CT molecular complexity index is 1350. The molecular formula is C26H24BN6-. The summed E-state index contributed by atoms with van der Waals surface area (Å²) in [7, 11) is 0. The first kappa shape index (κ1) is 20.6. The first-order valence-electron chi connectivity index (χ1n) is 11.0.